The predicted molar refractivity (Wildman–Crippen MR) is 94.5 cm³/mol. The van der Waals surface area contributed by atoms with Crippen LogP contribution in [0.1, 0.15) is 35.9 Å². The smallest absolute Gasteiger partial charge is 0.307 e. The maximum atomic E-state index is 12.1. The summed E-state index contributed by atoms with van der Waals surface area (Å²) in [6, 6.07) is 3.70. The van der Waals surface area contributed by atoms with Crippen LogP contribution in [-0.4, -0.2) is 22.1 Å². The van der Waals surface area contributed by atoms with E-state index in [2.05, 4.69) is 10.3 Å². The number of nitrogens with one attached hydrogen (secondary N) is 1. The van der Waals surface area contributed by atoms with E-state index in [1.807, 2.05) is 32.9 Å². The Kier molecular flexibility index (Phi) is 6.54. The number of thiazole rings is 1. The molecule has 0 spiro atoms. The number of carbonyl (C=O) groups is 1. The van der Waals surface area contributed by atoms with Crippen LogP contribution < -0.4 is 14.9 Å². The number of hydrogen-bond acceptors (Lipinski definition) is 5. The fourth-order valence-corrected chi connectivity index (χ4v) is 3.09. The summed E-state index contributed by atoms with van der Waals surface area (Å²) >= 11 is 1.22. The van der Waals surface area contributed by atoms with Gasteiger partial charge in [0.2, 0.25) is 11.8 Å². The first-order chi connectivity index (χ1) is 11.5. The van der Waals surface area contributed by atoms with E-state index in [9.17, 15) is 9.59 Å². The number of rotatable bonds is 8. The predicted octanol–water partition coefficient (Wildman–Crippen LogP) is 2.42. The second-order valence-corrected chi connectivity index (χ2v) is 6.67. The summed E-state index contributed by atoms with van der Waals surface area (Å²) < 4.78 is 7.23. The van der Waals surface area contributed by atoms with Crippen LogP contribution >= 0.6 is 11.3 Å². The lowest BCUT2D eigenvalue weighted by atomic mass is 10.2. The van der Waals surface area contributed by atoms with Gasteiger partial charge in [-0.1, -0.05) is 24.3 Å². The number of ether oxygens (including phenoxy) is 1. The van der Waals surface area contributed by atoms with Gasteiger partial charge in [0.05, 0.1) is 6.61 Å². The molecule has 0 aliphatic carbocycles. The zero-order chi connectivity index (χ0) is 17.5. The van der Waals surface area contributed by atoms with Crippen LogP contribution in [-0.2, 0) is 17.9 Å². The lowest BCUT2D eigenvalue weighted by Gasteiger charge is -2.11. The molecule has 0 bridgehead atoms. The van der Waals surface area contributed by atoms with Gasteiger partial charge in [0.25, 0.3) is 0 Å². The molecule has 0 atom stereocenters. The molecule has 2 heterocycles. The molecule has 0 aliphatic heterocycles. The summed E-state index contributed by atoms with van der Waals surface area (Å²) in [5.41, 5.74) is 1.78. The maximum Gasteiger partial charge on any atom is 0.307 e. The van der Waals surface area contributed by atoms with Crippen LogP contribution in [0.5, 0.6) is 5.88 Å². The fraction of sp³-hybridized carbons (Fsp3) is 0.471. The highest BCUT2D eigenvalue weighted by Gasteiger charge is 2.10. The first-order valence-electron chi connectivity index (χ1n) is 8.03. The molecule has 2 rings (SSSR count). The van der Waals surface area contributed by atoms with Crippen molar-refractivity contribution in [3.05, 3.63) is 44.1 Å². The van der Waals surface area contributed by atoms with Crippen molar-refractivity contribution in [1.82, 2.24) is 14.9 Å². The molecule has 6 nitrogen and oxygen atoms in total. The monoisotopic (exact) mass is 349 g/mol. The maximum absolute atomic E-state index is 12.1. The molecule has 2 aromatic heterocycles. The minimum atomic E-state index is -0.101. The number of hydrogen-bond donors (Lipinski definition) is 1. The van der Waals surface area contributed by atoms with Crippen molar-refractivity contribution in [1.29, 1.82) is 0 Å². The summed E-state index contributed by atoms with van der Waals surface area (Å²) in [4.78, 5) is 29.1. The van der Waals surface area contributed by atoms with Crippen molar-refractivity contribution >= 4 is 17.2 Å². The van der Waals surface area contributed by atoms with Gasteiger partial charge in [-0.3, -0.25) is 9.59 Å². The highest BCUT2D eigenvalue weighted by molar-refractivity contribution is 7.09. The Bertz CT molecular complexity index is 752. The van der Waals surface area contributed by atoms with Crippen molar-refractivity contribution in [3.8, 4) is 5.88 Å². The largest absolute Gasteiger partial charge is 0.477 e. The Morgan fingerprint density at radius 2 is 2.21 bits per heavy atom. The zero-order valence-electron chi connectivity index (χ0n) is 14.3. The lowest BCUT2D eigenvalue weighted by Crippen LogP contribution is -2.26. The minimum absolute atomic E-state index is 0.0136. The first-order valence-corrected chi connectivity index (χ1v) is 8.84. The van der Waals surface area contributed by atoms with Crippen LogP contribution in [0.25, 0.3) is 0 Å². The van der Waals surface area contributed by atoms with Crippen LogP contribution in [0.2, 0.25) is 0 Å². The number of nitrogens with zero attached hydrogens (tertiary/aromatic N) is 2. The van der Waals surface area contributed by atoms with Crippen LogP contribution in [0.4, 0.5) is 0 Å². The highest BCUT2D eigenvalue weighted by Crippen LogP contribution is 2.14. The molecule has 0 radical (unpaired) electrons. The van der Waals surface area contributed by atoms with E-state index >= 15 is 0 Å². The fourth-order valence-electron chi connectivity index (χ4n) is 2.23. The van der Waals surface area contributed by atoms with E-state index in [1.54, 1.807) is 10.8 Å². The quantitative estimate of drug-likeness (QED) is 0.794. The molecule has 0 aromatic carbocycles. The molecule has 130 valence electrons. The van der Waals surface area contributed by atoms with Crippen LogP contribution in [0, 0.1) is 13.8 Å². The third kappa shape index (κ3) is 4.67. The van der Waals surface area contributed by atoms with Gasteiger partial charge in [0, 0.05) is 41.8 Å². The molecule has 0 saturated heterocycles. The molecule has 0 saturated carbocycles. The van der Waals surface area contributed by atoms with E-state index in [4.69, 9.17) is 4.74 Å². The standard InChI is InChI=1S/C17H23N3O3S/c1-4-10-23-16-14(6-5-8-18-16)11-19-15(21)7-9-20-12(2)13(3)24-17(20)22/h5-6,8H,4,7,9-11H2,1-3H3,(H,19,21). The normalized spacial score (nSPS) is 10.6. The second kappa shape index (κ2) is 8.63. The summed E-state index contributed by atoms with van der Waals surface area (Å²) in [7, 11) is 0. The van der Waals surface area contributed by atoms with Gasteiger partial charge in [-0.15, -0.1) is 0 Å². The lowest BCUT2D eigenvalue weighted by molar-refractivity contribution is -0.121. The van der Waals surface area contributed by atoms with E-state index < -0.39 is 0 Å². The number of aromatic nitrogens is 2. The summed E-state index contributed by atoms with van der Waals surface area (Å²) in [5, 5.41) is 2.86. The topological polar surface area (TPSA) is 73.2 Å². The second-order valence-electron chi connectivity index (χ2n) is 5.50. The zero-order valence-corrected chi connectivity index (χ0v) is 15.1. The molecule has 1 amide bonds. The van der Waals surface area contributed by atoms with Gasteiger partial charge in [-0.05, 0) is 26.3 Å². The molecule has 0 fully saturated rings. The van der Waals surface area contributed by atoms with Crippen LogP contribution in [0.15, 0.2) is 23.1 Å². The third-order valence-electron chi connectivity index (χ3n) is 3.71. The molecular weight excluding hydrogens is 326 g/mol. The Balaban J connectivity index is 1.88. The molecule has 24 heavy (non-hydrogen) atoms. The van der Waals surface area contributed by atoms with Gasteiger partial charge < -0.3 is 14.6 Å². The Labute approximate surface area is 145 Å². The van der Waals surface area contributed by atoms with Crippen LogP contribution in [0.3, 0.4) is 0 Å². The van der Waals surface area contributed by atoms with E-state index in [0.717, 1.165) is 22.6 Å². The third-order valence-corrected chi connectivity index (χ3v) is 4.70. The molecule has 7 heteroatoms. The van der Waals surface area contributed by atoms with Gasteiger partial charge in [-0.2, -0.15) is 0 Å². The SMILES string of the molecule is CCCOc1ncccc1CNC(=O)CCn1c(C)c(C)sc1=O. The van der Waals surface area contributed by atoms with Crippen molar-refractivity contribution in [3.63, 3.8) is 0 Å². The number of amides is 1. The van der Waals surface area contributed by atoms with Gasteiger partial charge >= 0.3 is 4.87 Å². The van der Waals surface area contributed by atoms with Gasteiger partial charge in [0.15, 0.2) is 0 Å². The van der Waals surface area contributed by atoms with Crippen molar-refractivity contribution in [2.45, 2.75) is 46.7 Å². The number of carbonyl (C=O) groups excluding carboxylic acids is 1. The van der Waals surface area contributed by atoms with Crippen molar-refractivity contribution in [2.75, 3.05) is 6.61 Å². The average molecular weight is 349 g/mol. The summed E-state index contributed by atoms with van der Waals surface area (Å²) in [5.74, 6) is 0.454. The molecule has 0 aliphatic rings. The van der Waals surface area contributed by atoms with E-state index in [1.165, 1.54) is 11.3 Å². The van der Waals surface area contributed by atoms with Gasteiger partial charge in [0.1, 0.15) is 0 Å². The van der Waals surface area contributed by atoms with Gasteiger partial charge in [-0.25, -0.2) is 4.98 Å². The summed E-state index contributed by atoms with van der Waals surface area (Å²) in [6.07, 6.45) is 2.84. The van der Waals surface area contributed by atoms with Crippen molar-refractivity contribution < 1.29 is 9.53 Å². The number of pyridine rings is 1. The minimum Gasteiger partial charge on any atom is -0.477 e. The number of aryl methyl sites for hydroxylation is 1. The summed E-state index contributed by atoms with van der Waals surface area (Å²) in [6.45, 7) is 7.20. The molecular formula is C17H23N3O3S. The van der Waals surface area contributed by atoms with Crippen molar-refractivity contribution in [2.24, 2.45) is 0 Å². The highest BCUT2D eigenvalue weighted by atomic mass is 32.1. The Morgan fingerprint density at radius 1 is 1.42 bits per heavy atom. The molecule has 1 N–H and O–H groups in total. The van der Waals surface area contributed by atoms with E-state index in [-0.39, 0.29) is 17.2 Å². The molecule has 2 aromatic rings. The average Bonchev–Trinajstić information content (AvgIpc) is 2.82. The molecule has 0 unspecified atom stereocenters. The Morgan fingerprint density at radius 3 is 2.88 bits per heavy atom. The first kappa shape index (κ1) is 18.2. The van der Waals surface area contributed by atoms with E-state index in [0.29, 0.717) is 25.6 Å². The Hall–Kier alpha value is -2.15.